The molecule has 0 fully saturated rings. The van der Waals surface area contributed by atoms with E-state index in [1.807, 2.05) is 0 Å². The first-order chi connectivity index (χ1) is 13.9. The van der Waals surface area contributed by atoms with Crippen molar-refractivity contribution < 1.29 is 38.2 Å². The average Bonchev–Trinajstić information content (AvgIpc) is 3.18. The molecule has 0 radical (unpaired) electrons. The third kappa shape index (κ3) is 4.29. The fraction of sp³-hybridized carbons (Fsp3) is 0.222. The number of benzene rings is 2. The van der Waals surface area contributed by atoms with Crippen LogP contribution < -0.4 is 24.3 Å². The molecular formula is C18H16N2O9. The van der Waals surface area contributed by atoms with Gasteiger partial charge in [0, 0.05) is 17.8 Å². The first-order valence-electron chi connectivity index (χ1n) is 8.20. The number of nitrogens with one attached hydrogen (secondary N) is 1. The molecule has 152 valence electrons. The van der Waals surface area contributed by atoms with Crippen molar-refractivity contribution in [1.29, 1.82) is 0 Å². The molecule has 2 aromatic carbocycles. The maximum Gasteiger partial charge on any atom is 0.345 e. The molecule has 29 heavy (non-hydrogen) atoms. The highest BCUT2D eigenvalue weighted by atomic mass is 16.7. The zero-order valence-electron chi connectivity index (χ0n) is 15.4. The molecule has 1 N–H and O–H groups in total. The number of carbonyl (C=O) groups is 2. The summed E-state index contributed by atoms with van der Waals surface area (Å²) < 4.78 is 25.3. The number of methoxy groups -OCH3 is 2. The second-order valence-electron chi connectivity index (χ2n) is 5.67. The highest BCUT2D eigenvalue weighted by Crippen LogP contribution is 2.35. The third-order valence-electron chi connectivity index (χ3n) is 3.91. The van der Waals surface area contributed by atoms with Gasteiger partial charge < -0.3 is 29.0 Å². The highest BCUT2D eigenvalue weighted by molar-refractivity contribution is 5.98. The van der Waals surface area contributed by atoms with Crippen molar-refractivity contribution in [2.45, 2.75) is 0 Å². The Hall–Kier alpha value is -4.02. The number of rotatable bonds is 7. The van der Waals surface area contributed by atoms with E-state index in [0.717, 1.165) is 12.1 Å². The van der Waals surface area contributed by atoms with Gasteiger partial charge in [0.05, 0.1) is 25.2 Å². The van der Waals surface area contributed by atoms with E-state index in [1.54, 1.807) is 18.2 Å². The zero-order valence-corrected chi connectivity index (χ0v) is 15.4. The van der Waals surface area contributed by atoms with Gasteiger partial charge in [-0.25, -0.2) is 4.79 Å². The minimum Gasteiger partial charge on any atom is -0.493 e. The van der Waals surface area contributed by atoms with Crippen LogP contribution in [0.4, 0.5) is 11.4 Å². The van der Waals surface area contributed by atoms with E-state index in [2.05, 4.69) is 5.32 Å². The van der Waals surface area contributed by atoms with E-state index < -0.39 is 29.1 Å². The smallest absolute Gasteiger partial charge is 0.345 e. The summed E-state index contributed by atoms with van der Waals surface area (Å²) in [5, 5.41) is 13.8. The lowest BCUT2D eigenvalue weighted by Crippen LogP contribution is -2.21. The summed E-state index contributed by atoms with van der Waals surface area (Å²) in [5.41, 5.74) is -0.500. The van der Waals surface area contributed by atoms with E-state index in [1.165, 1.54) is 14.2 Å². The number of anilines is 1. The van der Waals surface area contributed by atoms with Crippen molar-refractivity contribution in [3.05, 3.63) is 46.0 Å². The van der Waals surface area contributed by atoms with E-state index in [4.69, 9.17) is 23.7 Å². The fourth-order valence-corrected chi connectivity index (χ4v) is 2.56. The van der Waals surface area contributed by atoms with Gasteiger partial charge in [0.1, 0.15) is 5.56 Å². The molecule has 0 aliphatic carbocycles. The van der Waals surface area contributed by atoms with Crippen LogP contribution in [0.2, 0.25) is 0 Å². The molecule has 11 heteroatoms. The van der Waals surface area contributed by atoms with Crippen LogP contribution in [0.15, 0.2) is 30.3 Å². The maximum absolute atomic E-state index is 12.3. The van der Waals surface area contributed by atoms with Gasteiger partial charge in [-0.1, -0.05) is 0 Å². The molecule has 11 nitrogen and oxygen atoms in total. The van der Waals surface area contributed by atoms with Crippen molar-refractivity contribution in [2.75, 3.05) is 32.9 Å². The van der Waals surface area contributed by atoms with Crippen LogP contribution in [0, 0.1) is 10.1 Å². The SMILES string of the molecule is COc1cc(C(=O)OCC(=O)Nc2ccc3c(c2)OCO3)c([N+](=O)[O-])cc1OC. The number of nitro benzene ring substituents is 1. The standard InChI is InChI=1S/C18H16N2O9/c1-25-14-6-11(12(20(23)24)7-15(14)26-2)18(22)27-8-17(21)19-10-3-4-13-16(5-10)29-9-28-13/h3-7H,8-9H2,1-2H3,(H,19,21). The van der Waals surface area contributed by atoms with Gasteiger partial charge in [0.15, 0.2) is 29.6 Å². The number of hydrogen-bond donors (Lipinski definition) is 1. The van der Waals surface area contributed by atoms with Crippen LogP contribution in [-0.2, 0) is 9.53 Å². The molecule has 0 spiro atoms. The Morgan fingerprint density at radius 1 is 1.10 bits per heavy atom. The number of hydrogen-bond acceptors (Lipinski definition) is 9. The van der Waals surface area contributed by atoms with Crippen LogP contribution in [0.1, 0.15) is 10.4 Å². The first kappa shape index (κ1) is 19.7. The maximum atomic E-state index is 12.3. The Morgan fingerprint density at radius 3 is 2.48 bits per heavy atom. The lowest BCUT2D eigenvalue weighted by atomic mass is 10.1. The Kier molecular flexibility index (Phi) is 5.67. The van der Waals surface area contributed by atoms with Crippen molar-refractivity contribution in [2.24, 2.45) is 0 Å². The van der Waals surface area contributed by atoms with E-state index in [0.29, 0.717) is 17.2 Å². The van der Waals surface area contributed by atoms with Crippen molar-refractivity contribution in [3.63, 3.8) is 0 Å². The summed E-state index contributed by atoms with van der Waals surface area (Å²) in [6.07, 6.45) is 0. The average molecular weight is 404 g/mol. The minimum atomic E-state index is -1.06. The van der Waals surface area contributed by atoms with E-state index in [9.17, 15) is 19.7 Å². The number of nitrogens with zero attached hydrogens (tertiary/aromatic N) is 1. The summed E-state index contributed by atoms with van der Waals surface area (Å²) in [4.78, 5) is 34.9. The Bertz CT molecular complexity index is 974. The normalized spacial score (nSPS) is 11.5. The molecule has 2 aromatic rings. The van der Waals surface area contributed by atoms with Crippen LogP contribution in [0.5, 0.6) is 23.0 Å². The van der Waals surface area contributed by atoms with Gasteiger partial charge in [-0.05, 0) is 12.1 Å². The molecule has 1 amide bonds. The second kappa shape index (κ2) is 8.33. The monoisotopic (exact) mass is 404 g/mol. The summed E-state index contributed by atoms with van der Waals surface area (Å²) >= 11 is 0. The number of carbonyl (C=O) groups excluding carboxylic acids is 2. The Balaban J connectivity index is 1.68. The number of fused-ring (bicyclic) bond motifs is 1. The van der Waals surface area contributed by atoms with Crippen LogP contribution in [0.25, 0.3) is 0 Å². The number of esters is 1. The van der Waals surface area contributed by atoms with Gasteiger partial charge >= 0.3 is 5.97 Å². The lowest BCUT2D eigenvalue weighted by molar-refractivity contribution is -0.385. The molecular weight excluding hydrogens is 388 g/mol. The van der Waals surface area contributed by atoms with Crippen LogP contribution >= 0.6 is 0 Å². The molecule has 3 rings (SSSR count). The number of ether oxygens (including phenoxy) is 5. The van der Waals surface area contributed by atoms with E-state index in [-0.39, 0.29) is 23.9 Å². The minimum absolute atomic E-state index is 0.0799. The predicted octanol–water partition coefficient (Wildman–Crippen LogP) is 2.14. The Labute approximate surface area is 164 Å². The van der Waals surface area contributed by atoms with Gasteiger partial charge in [-0.15, -0.1) is 0 Å². The summed E-state index contributed by atoms with van der Waals surface area (Å²) in [6, 6.07) is 6.93. The quantitative estimate of drug-likeness (QED) is 0.418. The van der Waals surface area contributed by atoms with Gasteiger partial charge in [-0.3, -0.25) is 14.9 Å². The van der Waals surface area contributed by atoms with Crippen LogP contribution in [0.3, 0.4) is 0 Å². The molecule has 1 aliphatic rings. The predicted molar refractivity (Wildman–Crippen MR) is 97.7 cm³/mol. The molecule has 0 saturated carbocycles. The molecule has 0 bridgehead atoms. The Morgan fingerprint density at radius 2 is 1.79 bits per heavy atom. The molecule has 0 atom stereocenters. The zero-order chi connectivity index (χ0) is 21.0. The first-order valence-corrected chi connectivity index (χ1v) is 8.20. The topological polar surface area (TPSA) is 135 Å². The van der Waals surface area contributed by atoms with Crippen molar-refractivity contribution >= 4 is 23.3 Å². The number of amides is 1. The van der Waals surface area contributed by atoms with E-state index >= 15 is 0 Å². The van der Waals surface area contributed by atoms with Gasteiger partial charge in [0.25, 0.3) is 11.6 Å². The molecule has 1 heterocycles. The van der Waals surface area contributed by atoms with Crippen molar-refractivity contribution in [3.8, 4) is 23.0 Å². The summed E-state index contributed by atoms with van der Waals surface area (Å²) in [5.74, 6) is -0.485. The molecule has 0 aromatic heterocycles. The fourth-order valence-electron chi connectivity index (χ4n) is 2.56. The largest absolute Gasteiger partial charge is 0.493 e. The van der Waals surface area contributed by atoms with Gasteiger partial charge in [-0.2, -0.15) is 0 Å². The molecule has 0 saturated heterocycles. The van der Waals surface area contributed by atoms with Crippen LogP contribution in [-0.4, -0.2) is 44.4 Å². The second-order valence-corrected chi connectivity index (χ2v) is 5.67. The number of nitro groups is 1. The third-order valence-corrected chi connectivity index (χ3v) is 3.91. The highest BCUT2D eigenvalue weighted by Gasteiger charge is 2.26. The van der Waals surface area contributed by atoms with Crippen molar-refractivity contribution in [1.82, 2.24) is 0 Å². The van der Waals surface area contributed by atoms with Gasteiger partial charge in [0.2, 0.25) is 6.79 Å². The summed E-state index contributed by atoms with van der Waals surface area (Å²) in [7, 11) is 2.62. The summed E-state index contributed by atoms with van der Waals surface area (Å²) in [6.45, 7) is -0.562. The molecule has 0 unspecified atom stereocenters. The molecule has 1 aliphatic heterocycles. The lowest BCUT2D eigenvalue weighted by Gasteiger charge is -2.11.